The van der Waals surface area contributed by atoms with E-state index in [0.717, 1.165) is 17.5 Å². The van der Waals surface area contributed by atoms with Crippen molar-refractivity contribution in [3.8, 4) is 0 Å². The fourth-order valence-corrected chi connectivity index (χ4v) is 4.51. The van der Waals surface area contributed by atoms with Gasteiger partial charge in [-0.05, 0) is 60.5 Å². The van der Waals surface area contributed by atoms with Gasteiger partial charge in [-0.15, -0.1) is 11.3 Å². The first-order valence-corrected chi connectivity index (χ1v) is 10.2. The number of amides is 1. The molecule has 0 atom stereocenters. The van der Waals surface area contributed by atoms with E-state index in [-0.39, 0.29) is 10.8 Å². The number of rotatable bonds is 2. The van der Waals surface area contributed by atoms with Crippen molar-refractivity contribution in [2.75, 3.05) is 12.8 Å². The number of hydrogen-bond donors (Lipinski definition) is 0. The van der Waals surface area contributed by atoms with Crippen molar-refractivity contribution in [3.63, 3.8) is 0 Å². The van der Waals surface area contributed by atoms with Gasteiger partial charge in [-0.25, -0.2) is 8.42 Å². The van der Waals surface area contributed by atoms with Crippen molar-refractivity contribution in [1.29, 1.82) is 0 Å². The molecule has 0 saturated carbocycles. The highest BCUT2D eigenvalue weighted by Crippen LogP contribution is 2.27. The number of benzene rings is 1. The lowest BCUT2D eigenvalue weighted by atomic mass is 10.0. The number of fused-ring (bicyclic) bond motifs is 1. The summed E-state index contributed by atoms with van der Waals surface area (Å²) >= 11 is 1.67. The van der Waals surface area contributed by atoms with E-state index in [9.17, 15) is 13.2 Å². The molecule has 2 heterocycles. The Hall–Kier alpha value is -1.66. The van der Waals surface area contributed by atoms with Gasteiger partial charge in [0.1, 0.15) is 0 Å². The van der Waals surface area contributed by atoms with Gasteiger partial charge in [-0.2, -0.15) is 0 Å². The van der Waals surface area contributed by atoms with Gasteiger partial charge < -0.3 is 4.90 Å². The molecule has 1 amide bonds. The molecule has 1 aromatic carbocycles. The summed E-state index contributed by atoms with van der Waals surface area (Å²) < 4.78 is 23.7. The molecule has 0 fully saturated rings. The molecule has 6 heteroatoms. The van der Waals surface area contributed by atoms with E-state index in [1.165, 1.54) is 22.8 Å². The second-order valence-corrected chi connectivity index (χ2v) is 9.05. The van der Waals surface area contributed by atoms with Gasteiger partial charge >= 0.3 is 0 Å². The Morgan fingerprint density at radius 1 is 1.26 bits per heavy atom. The molecular formula is C17H19NO3S2. The van der Waals surface area contributed by atoms with Crippen LogP contribution in [0.4, 0.5) is 0 Å². The molecule has 0 bridgehead atoms. The minimum atomic E-state index is -3.34. The fraction of sp³-hybridized carbons (Fsp3) is 0.353. The summed E-state index contributed by atoms with van der Waals surface area (Å²) in [7, 11) is -3.34. The van der Waals surface area contributed by atoms with Crippen LogP contribution in [-0.4, -0.2) is 32.0 Å². The maximum Gasteiger partial charge on any atom is 0.254 e. The van der Waals surface area contributed by atoms with Crippen LogP contribution in [0.15, 0.2) is 28.5 Å². The molecule has 0 radical (unpaired) electrons. The van der Waals surface area contributed by atoms with Gasteiger partial charge in [0.15, 0.2) is 9.84 Å². The molecule has 0 unspecified atom stereocenters. The van der Waals surface area contributed by atoms with Crippen LogP contribution in [0.3, 0.4) is 0 Å². The number of sulfone groups is 1. The number of hydrogen-bond acceptors (Lipinski definition) is 4. The monoisotopic (exact) mass is 349 g/mol. The van der Waals surface area contributed by atoms with Gasteiger partial charge in [0.2, 0.25) is 0 Å². The van der Waals surface area contributed by atoms with Crippen LogP contribution < -0.4 is 0 Å². The van der Waals surface area contributed by atoms with Crippen molar-refractivity contribution in [2.45, 2.75) is 31.7 Å². The third kappa shape index (κ3) is 3.05. The molecule has 1 aromatic heterocycles. The number of carbonyl (C=O) groups is 1. The van der Waals surface area contributed by atoms with Crippen LogP contribution in [0.1, 0.15) is 31.9 Å². The molecule has 0 aliphatic carbocycles. The van der Waals surface area contributed by atoms with E-state index in [2.05, 4.69) is 11.4 Å². The summed E-state index contributed by atoms with van der Waals surface area (Å²) in [5.74, 6) is -0.0878. The Morgan fingerprint density at radius 3 is 2.70 bits per heavy atom. The Labute approximate surface area is 140 Å². The first kappa shape index (κ1) is 16.2. The van der Waals surface area contributed by atoms with Crippen LogP contribution in [0, 0.1) is 13.8 Å². The normalized spacial score (nSPS) is 14.7. The smallest absolute Gasteiger partial charge is 0.254 e. The molecule has 4 nitrogen and oxygen atoms in total. The van der Waals surface area contributed by atoms with Crippen molar-refractivity contribution in [2.24, 2.45) is 0 Å². The minimum absolute atomic E-state index is 0.0878. The van der Waals surface area contributed by atoms with E-state index >= 15 is 0 Å². The molecule has 23 heavy (non-hydrogen) atoms. The molecule has 1 aliphatic heterocycles. The lowest BCUT2D eigenvalue weighted by Crippen LogP contribution is -2.35. The van der Waals surface area contributed by atoms with E-state index in [0.29, 0.717) is 18.7 Å². The first-order chi connectivity index (χ1) is 10.8. The zero-order valence-corrected chi connectivity index (χ0v) is 15.1. The fourth-order valence-electron chi connectivity index (χ4n) is 2.84. The quantitative estimate of drug-likeness (QED) is 0.837. The second-order valence-electron chi connectivity index (χ2n) is 6.03. The SMILES string of the molecule is Cc1cc(S(C)(=O)=O)cc(C(=O)N2CCc3ccsc3C2)c1C. The van der Waals surface area contributed by atoms with Gasteiger partial charge in [0.25, 0.3) is 5.91 Å². The number of nitrogens with zero attached hydrogens (tertiary/aromatic N) is 1. The molecule has 3 rings (SSSR count). The zero-order chi connectivity index (χ0) is 16.8. The Balaban J connectivity index is 1.98. The Bertz CT molecular complexity index is 881. The Morgan fingerprint density at radius 2 is 2.00 bits per heavy atom. The second kappa shape index (κ2) is 5.76. The summed E-state index contributed by atoms with van der Waals surface area (Å²) in [6, 6.07) is 5.26. The van der Waals surface area contributed by atoms with Crippen molar-refractivity contribution in [3.05, 3.63) is 50.7 Å². The van der Waals surface area contributed by atoms with Crippen molar-refractivity contribution >= 4 is 27.1 Å². The Kier molecular flexibility index (Phi) is 4.06. The summed E-state index contributed by atoms with van der Waals surface area (Å²) in [6.45, 7) is 4.99. The summed E-state index contributed by atoms with van der Waals surface area (Å²) in [5.41, 5.74) is 3.48. The molecule has 0 spiro atoms. The lowest BCUT2D eigenvalue weighted by Gasteiger charge is -2.28. The molecule has 1 aliphatic rings. The van der Waals surface area contributed by atoms with Gasteiger partial charge in [-0.1, -0.05) is 0 Å². The lowest BCUT2D eigenvalue weighted by molar-refractivity contribution is 0.0736. The summed E-state index contributed by atoms with van der Waals surface area (Å²) in [6.07, 6.45) is 2.03. The number of aryl methyl sites for hydroxylation is 1. The standard InChI is InChI=1S/C17H19NO3S2/c1-11-8-14(23(3,20)21)9-15(12(11)2)17(19)18-6-4-13-5-7-22-16(13)10-18/h5,7-9H,4,6,10H2,1-3H3. The predicted octanol–water partition coefficient (Wildman–Crippen LogP) is 2.97. The van der Waals surface area contributed by atoms with Crippen molar-refractivity contribution < 1.29 is 13.2 Å². The van der Waals surface area contributed by atoms with E-state index < -0.39 is 9.84 Å². The van der Waals surface area contributed by atoms with E-state index in [1.807, 2.05) is 18.7 Å². The average Bonchev–Trinajstić information content (AvgIpc) is 2.95. The average molecular weight is 349 g/mol. The van der Waals surface area contributed by atoms with Crippen molar-refractivity contribution in [1.82, 2.24) is 4.90 Å². The maximum absolute atomic E-state index is 12.9. The van der Waals surface area contributed by atoms with Gasteiger partial charge in [-0.3, -0.25) is 4.79 Å². The van der Waals surface area contributed by atoms with Crippen LogP contribution >= 0.6 is 11.3 Å². The third-order valence-corrected chi connectivity index (χ3v) is 6.45. The minimum Gasteiger partial charge on any atom is -0.333 e. The van der Waals surface area contributed by atoms with E-state index in [1.54, 1.807) is 17.4 Å². The number of thiophene rings is 1. The zero-order valence-electron chi connectivity index (χ0n) is 13.4. The molecule has 2 aromatic rings. The molecule has 0 saturated heterocycles. The predicted molar refractivity (Wildman–Crippen MR) is 91.8 cm³/mol. The molecular weight excluding hydrogens is 330 g/mol. The third-order valence-electron chi connectivity index (χ3n) is 4.41. The topological polar surface area (TPSA) is 54.5 Å². The summed E-state index contributed by atoms with van der Waals surface area (Å²) in [4.78, 5) is 16.2. The summed E-state index contributed by atoms with van der Waals surface area (Å²) in [5, 5.41) is 2.05. The highest BCUT2D eigenvalue weighted by molar-refractivity contribution is 7.90. The van der Waals surface area contributed by atoms with Gasteiger partial charge in [0, 0.05) is 23.2 Å². The first-order valence-electron chi connectivity index (χ1n) is 7.43. The van der Waals surface area contributed by atoms with Crippen LogP contribution in [-0.2, 0) is 22.8 Å². The highest BCUT2D eigenvalue weighted by Gasteiger charge is 2.25. The van der Waals surface area contributed by atoms with E-state index in [4.69, 9.17) is 0 Å². The largest absolute Gasteiger partial charge is 0.333 e. The van der Waals surface area contributed by atoms with Crippen LogP contribution in [0.2, 0.25) is 0 Å². The van der Waals surface area contributed by atoms with Crippen LogP contribution in [0.25, 0.3) is 0 Å². The molecule has 0 N–H and O–H groups in total. The van der Waals surface area contributed by atoms with Gasteiger partial charge in [0.05, 0.1) is 11.4 Å². The van der Waals surface area contributed by atoms with Crippen LogP contribution in [0.5, 0.6) is 0 Å². The molecule has 122 valence electrons. The maximum atomic E-state index is 12.9. The number of carbonyl (C=O) groups excluding carboxylic acids is 1. The highest BCUT2D eigenvalue weighted by atomic mass is 32.2.